The van der Waals surface area contributed by atoms with Crippen molar-refractivity contribution < 1.29 is 9.59 Å². The Morgan fingerprint density at radius 2 is 1.69 bits per heavy atom. The minimum absolute atomic E-state index is 0.231. The Balaban J connectivity index is 1.24. The van der Waals surface area contributed by atoms with Gasteiger partial charge in [-0.15, -0.1) is 0 Å². The van der Waals surface area contributed by atoms with Crippen molar-refractivity contribution in [3.8, 4) is 0 Å². The van der Waals surface area contributed by atoms with Crippen molar-refractivity contribution in [3.05, 3.63) is 35.9 Å². The summed E-state index contributed by atoms with van der Waals surface area (Å²) in [5, 5.41) is 0. The molecular weight excluding hydrogens is 322 g/mol. The highest BCUT2D eigenvalue weighted by Gasteiger charge is 2.50. The lowest BCUT2D eigenvalue weighted by Crippen LogP contribution is -2.44. The maximum atomic E-state index is 12.7. The van der Waals surface area contributed by atoms with Crippen LogP contribution in [0.3, 0.4) is 0 Å². The topological polar surface area (TPSA) is 37.4 Å². The fourth-order valence-electron chi connectivity index (χ4n) is 5.24. The average molecular weight is 354 g/mol. The standard InChI is InChI=1S/C23H31NO2/c25-21(23(14-15-23)20-9-2-1-3-10-20)11-6-12-22(26)24-16-13-18-7-4-5-8-19(18)17-24/h1-3,9-10,18-19H,4-8,11-17H2. The SMILES string of the molecule is O=C(CCCC(=O)C1(c2ccccc2)CC1)N1CCC2CCCCC2C1. The van der Waals surface area contributed by atoms with Crippen LogP contribution in [0.25, 0.3) is 0 Å². The maximum absolute atomic E-state index is 12.7. The van der Waals surface area contributed by atoms with Crippen molar-refractivity contribution >= 4 is 11.7 Å². The molecule has 26 heavy (non-hydrogen) atoms. The lowest BCUT2D eigenvalue weighted by Gasteiger charge is -2.41. The predicted molar refractivity (Wildman–Crippen MR) is 103 cm³/mol. The highest BCUT2D eigenvalue weighted by Crippen LogP contribution is 2.49. The molecule has 3 aliphatic rings. The third kappa shape index (κ3) is 3.58. The zero-order valence-electron chi connectivity index (χ0n) is 15.8. The molecule has 2 atom stereocenters. The van der Waals surface area contributed by atoms with Crippen LogP contribution in [0, 0.1) is 11.8 Å². The smallest absolute Gasteiger partial charge is 0.222 e. The van der Waals surface area contributed by atoms with Crippen LogP contribution in [0.5, 0.6) is 0 Å². The summed E-state index contributed by atoms with van der Waals surface area (Å²) < 4.78 is 0. The molecule has 1 heterocycles. The van der Waals surface area contributed by atoms with Crippen molar-refractivity contribution in [1.29, 1.82) is 0 Å². The van der Waals surface area contributed by atoms with Gasteiger partial charge in [0.05, 0.1) is 5.41 Å². The van der Waals surface area contributed by atoms with Crippen molar-refractivity contribution in [1.82, 2.24) is 4.90 Å². The summed E-state index contributed by atoms with van der Waals surface area (Å²) in [5.41, 5.74) is 0.931. The number of benzene rings is 1. The predicted octanol–water partition coefficient (Wildman–Crippen LogP) is 4.50. The number of likely N-dealkylation sites (tertiary alicyclic amines) is 1. The van der Waals surface area contributed by atoms with Crippen LogP contribution in [0.2, 0.25) is 0 Å². The van der Waals surface area contributed by atoms with Crippen LogP contribution < -0.4 is 0 Å². The number of nitrogens with zero attached hydrogens (tertiary/aromatic N) is 1. The molecule has 4 rings (SSSR count). The molecule has 3 nitrogen and oxygen atoms in total. The van der Waals surface area contributed by atoms with Crippen LogP contribution in [0.1, 0.15) is 69.8 Å². The van der Waals surface area contributed by atoms with Crippen LogP contribution in [0.4, 0.5) is 0 Å². The summed E-state index contributed by atoms with van der Waals surface area (Å²) in [6, 6.07) is 10.2. The second-order valence-electron chi connectivity index (χ2n) is 8.66. The van der Waals surface area contributed by atoms with Gasteiger partial charge in [-0.3, -0.25) is 9.59 Å². The molecule has 0 aromatic heterocycles. The molecule has 1 saturated heterocycles. The number of carbonyl (C=O) groups is 2. The quantitative estimate of drug-likeness (QED) is 0.755. The first-order chi connectivity index (χ1) is 12.7. The van der Waals surface area contributed by atoms with E-state index < -0.39 is 0 Å². The Bertz CT molecular complexity index is 649. The highest BCUT2D eigenvalue weighted by molar-refractivity contribution is 5.93. The lowest BCUT2D eigenvalue weighted by molar-refractivity contribution is -0.134. The van der Waals surface area contributed by atoms with Crippen LogP contribution in [-0.2, 0) is 15.0 Å². The maximum Gasteiger partial charge on any atom is 0.222 e. The number of ketones is 1. The number of carbonyl (C=O) groups excluding carboxylic acids is 2. The van der Waals surface area contributed by atoms with E-state index in [0.29, 0.717) is 25.0 Å². The van der Waals surface area contributed by atoms with Gasteiger partial charge >= 0.3 is 0 Å². The Morgan fingerprint density at radius 3 is 2.42 bits per heavy atom. The molecule has 2 aliphatic carbocycles. The van der Waals surface area contributed by atoms with E-state index in [1.54, 1.807) is 0 Å². The molecule has 140 valence electrons. The minimum Gasteiger partial charge on any atom is -0.342 e. The van der Waals surface area contributed by atoms with Crippen molar-refractivity contribution in [2.45, 2.75) is 69.6 Å². The molecule has 1 aliphatic heterocycles. The molecule has 1 aromatic rings. The number of amides is 1. The Hall–Kier alpha value is -1.64. The van der Waals surface area contributed by atoms with Gasteiger partial charge in [0.15, 0.2) is 0 Å². The second-order valence-corrected chi connectivity index (χ2v) is 8.66. The Kier molecular flexibility index (Phi) is 5.15. The lowest BCUT2D eigenvalue weighted by atomic mass is 9.75. The average Bonchev–Trinajstić information content (AvgIpc) is 3.50. The van der Waals surface area contributed by atoms with E-state index in [0.717, 1.165) is 43.3 Å². The molecular formula is C23H31NO2. The van der Waals surface area contributed by atoms with Gasteiger partial charge in [0.25, 0.3) is 0 Å². The van der Waals surface area contributed by atoms with Gasteiger partial charge in [0.1, 0.15) is 5.78 Å². The van der Waals surface area contributed by atoms with E-state index >= 15 is 0 Å². The van der Waals surface area contributed by atoms with Crippen LogP contribution in [0.15, 0.2) is 30.3 Å². The fourth-order valence-corrected chi connectivity index (χ4v) is 5.24. The molecule has 0 bridgehead atoms. The van der Waals surface area contributed by atoms with E-state index in [2.05, 4.69) is 17.0 Å². The fraction of sp³-hybridized carbons (Fsp3) is 0.652. The van der Waals surface area contributed by atoms with Gasteiger partial charge in [0.2, 0.25) is 5.91 Å². The van der Waals surface area contributed by atoms with Crippen molar-refractivity contribution in [2.75, 3.05) is 13.1 Å². The zero-order valence-corrected chi connectivity index (χ0v) is 15.8. The summed E-state index contributed by atoms with van der Waals surface area (Å²) >= 11 is 0. The first-order valence-corrected chi connectivity index (χ1v) is 10.6. The number of hydrogen-bond donors (Lipinski definition) is 0. The first-order valence-electron chi connectivity index (χ1n) is 10.6. The molecule has 2 unspecified atom stereocenters. The third-order valence-electron chi connectivity index (χ3n) is 7.05. The molecule has 2 saturated carbocycles. The third-order valence-corrected chi connectivity index (χ3v) is 7.05. The highest BCUT2D eigenvalue weighted by atomic mass is 16.2. The van der Waals surface area contributed by atoms with Gasteiger partial charge in [-0.05, 0) is 49.5 Å². The minimum atomic E-state index is -0.231. The van der Waals surface area contributed by atoms with Gasteiger partial charge in [-0.25, -0.2) is 0 Å². The second kappa shape index (κ2) is 7.54. The molecule has 0 N–H and O–H groups in total. The van der Waals surface area contributed by atoms with Crippen LogP contribution >= 0.6 is 0 Å². The molecule has 0 spiro atoms. The van der Waals surface area contributed by atoms with E-state index in [1.807, 2.05) is 18.2 Å². The molecule has 3 fully saturated rings. The summed E-state index contributed by atoms with van der Waals surface area (Å²) in [6.45, 7) is 1.90. The van der Waals surface area contributed by atoms with E-state index in [-0.39, 0.29) is 11.3 Å². The number of hydrogen-bond acceptors (Lipinski definition) is 2. The van der Waals surface area contributed by atoms with Gasteiger partial charge < -0.3 is 4.90 Å². The van der Waals surface area contributed by atoms with E-state index in [4.69, 9.17) is 0 Å². The Labute approximate surface area is 157 Å². The van der Waals surface area contributed by atoms with Crippen molar-refractivity contribution in [3.63, 3.8) is 0 Å². The summed E-state index contributed by atoms with van der Waals surface area (Å²) in [4.78, 5) is 27.4. The van der Waals surface area contributed by atoms with Gasteiger partial charge in [0, 0.05) is 25.9 Å². The van der Waals surface area contributed by atoms with Crippen LogP contribution in [-0.4, -0.2) is 29.7 Å². The molecule has 0 radical (unpaired) electrons. The van der Waals surface area contributed by atoms with E-state index in [9.17, 15) is 9.59 Å². The van der Waals surface area contributed by atoms with Crippen molar-refractivity contribution in [2.24, 2.45) is 11.8 Å². The van der Waals surface area contributed by atoms with E-state index in [1.165, 1.54) is 32.1 Å². The largest absolute Gasteiger partial charge is 0.342 e. The number of rotatable bonds is 6. The summed E-state index contributed by atoms with van der Waals surface area (Å²) in [6.07, 6.45) is 10.3. The summed E-state index contributed by atoms with van der Waals surface area (Å²) in [7, 11) is 0. The number of Topliss-reactive ketones (excluding diaryl/α,β-unsaturated/α-hetero) is 1. The molecule has 1 aromatic carbocycles. The van der Waals surface area contributed by atoms with Gasteiger partial charge in [-0.2, -0.15) is 0 Å². The first kappa shape index (κ1) is 17.8. The monoisotopic (exact) mass is 353 g/mol. The zero-order chi connectivity index (χ0) is 18.0. The molecule has 3 heteroatoms. The Morgan fingerprint density at radius 1 is 0.962 bits per heavy atom. The summed E-state index contributed by atoms with van der Waals surface area (Å²) in [5.74, 6) is 2.19. The normalized spacial score (nSPS) is 26.8. The van der Waals surface area contributed by atoms with Gasteiger partial charge in [-0.1, -0.05) is 49.6 Å². The number of fused-ring (bicyclic) bond motifs is 1. The number of piperidine rings is 1. The molecule has 1 amide bonds.